The van der Waals surface area contributed by atoms with E-state index < -0.39 is 0 Å². The van der Waals surface area contributed by atoms with Gasteiger partial charge in [0.15, 0.2) is 11.6 Å². The fourth-order valence-corrected chi connectivity index (χ4v) is 1.37. The van der Waals surface area contributed by atoms with Crippen molar-refractivity contribution in [2.75, 3.05) is 6.61 Å². The molecule has 18 heavy (non-hydrogen) atoms. The predicted octanol–water partition coefficient (Wildman–Crippen LogP) is 3.13. The number of hydrogen-bond donors (Lipinski definition) is 0. The third kappa shape index (κ3) is 3.99. The van der Waals surface area contributed by atoms with Crippen molar-refractivity contribution in [3.8, 4) is 5.75 Å². The van der Waals surface area contributed by atoms with Crippen LogP contribution in [0.15, 0.2) is 24.3 Å². The van der Waals surface area contributed by atoms with Crippen molar-refractivity contribution < 1.29 is 14.3 Å². The van der Waals surface area contributed by atoms with Gasteiger partial charge in [-0.05, 0) is 24.3 Å². The van der Waals surface area contributed by atoms with Gasteiger partial charge in [0.1, 0.15) is 12.4 Å². The van der Waals surface area contributed by atoms with Crippen molar-refractivity contribution in [1.29, 1.82) is 0 Å². The van der Waals surface area contributed by atoms with E-state index in [-0.39, 0.29) is 30.0 Å². The lowest BCUT2D eigenvalue weighted by Gasteiger charge is -2.08. The lowest BCUT2D eigenvalue weighted by Crippen LogP contribution is -2.16. The quantitative estimate of drug-likeness (QED) is 0.726. The van der Waals surface area contributed by atoms with Crippen molar-refractivity contribution in [3.05, 3.63) is 29.8 Å². The fraction of sp³-hybridized carbons (Fsp3) is 0.467. The topological polar surface area (TPSA) is 43.4 Å². The predicted molar refractivity (Wildman–Crippen MR) is 71.0 cm³/mol. The number of ketones is 2. The highest BCUT2D eigenvalue weighted by Gasteiger charge is 2.11. The highest BCUT2D eigenvalue weighted by molar-refractivity contribution is 5.97. The summed E-state index contributed by atoms with van der Waals surface area (Å²) in [6.45, 7) is 7.50. The van der Waals surface area contributed by atoms with Gasteiger partial charge in [-0.2, -0.15) is 0 Å². The van der Waals surface area contributed by atoms with Gasteiger partial charge in [-0.25, -0.2) is 0 Å². The number of ether oxygens (including phenoxy) is 1. The molecule has 1 aromatic carbocycles. The van der Waals surface area contributed by atoms with E-state index >= 15 is 0 Å². The van der Waals surface area contributed by atoms with E-state index in [0.29, 0.717) is 11.3 Å². The van der Waals surface area contributed by atoms with Crippen LogP contribution in [0.25, 0.3) is 0 Å². The van der Waals surface area contributed by atoms with Gasteiger partial charge in [-0.1, -0.05) is 27.7 Å². The second kappa shape index (κ2) is 6.34. The van der Waals surface area contributed by atoms with Gasteiger partial charge in [0.2, 0.25) is 0 Å². The summed E-state index contributed by atoms with van der Waals surface area (Å²) in [6, 6.07) is 6.92. The van der Waals surface area contributed by atoms with Gasteiger partial charge in [0.05, 0.1) is 0 Å². The Balaban J connectivity index is 2.61. The van der Waals surface area contributed by atoms with Crippen LogP contribution in [-0.4, -0.2) is 18.2 Å². The number of hydrogen-bond acceptors (Lipinski definition) is 3. The fourth-order valence-electron chi connectivity index (χ4n) is 1.37. The first kappa shape index (κ1) is 14.4. The molecule has 98 valence electrons. The molecule has 0 atom stereocenters. The Morgan fingerprint density at radius 2 is 1.56 bits per heavy atom. The molecule has 0 unspecified atom stereocenters. The number of carbonyl (C=O) groups excluding carboxylic acids is 2. The van der Waals surface area contributed by atoms with Gasteiger partial charge in [0.25, 0.3) is 0 Å². The van der Waals surface area contributed by atoms with Crippen molar-refractivity contribution in [1.82, 2.24) is 0 Å². The number of rotatable bonds is 6. The van der Waals surface area contributed by atoms with Crippen molar-refractivity contribution >= 4 is 11.6 Å². The molecular formula is C15H20O3. The molecule has 3 nitrogen and oxygen atoms in total. The molecule has 0 saturated heterocycles. The monoisotopic (exact) mass is 248 g/mol. The van der Waals surface area contributed by atoms with Crippen LogP contribution in [0.1, 0.15) is 38.1 Å². The van der Waals surface area contributed by atoms with Crippen LogP contribution in [0.5, 0.6) is 5.75 Å². The molecule has 0 aliphatic rings. The second-order valence-electron chi connectivity index (χ2n) is 4.95. The highest BCUT2D eigenvalue weighted by Crippen LogP contribution is 2.15. The van der Waals surface area contributed by atoms with Gasteiger partial charge < -0.3 is 4.74 Å². The average Bonchev–Trinajstić information content (AvgIpc) is 2.35. The van der Waals surface area contributed by atoms with Gasteiger partial charge >= 0.3 is 0 Å². The molecule has 0 fully saturated rings. The first-order chi connectivity index (χ1) is 8.41. The summed E-state index contributed by atoms with van der Waals surface area (Å²) in [5.41, 5.74) is 0.674. The lowest BCUT2D eigenvalue weighted by molar-refractivity contribution is -0.123. The van der Waals surface area contributed by atoms with E-state index in [1.54, 1.807) is 24.3 Å². The van der Waals surface area contributed by atoms with Crippen LogP contribution in [0.2, 0.25) is 0 Å². The zero-order chi connectivity index (χ0) is 13.7. The zero-order valence-corrected chi connectivity index (χ0v) is 11.4. The first-order valence-electron chi connectivity index (χ1n) is 6.21. The van der Waals surface area contributed by atoms with Crippen LogP contribution < -0.4 is 4.74 Å². The molecule has 1 aromatic rings. The van der Waals surface area contributed by atoms with Crippen molar-refractivity contribution in [3.63, 3.8) is 0 Å². The largest absolute Gasteiger partial charge is 0.486 e. The van der Waals surface area contributed by atoms with E-state index in [9.17, 15) is 9.59 Å². The molecular weight excluding hydrogens is 228 g/mol. The summed E-state index contributed by atoms with van der Waals surface area (Å²) in [4.78, 5) is 23.1. The minimum atomic E-state index is -0.0215. The Labute approximate surface area is 108 Å². The molecule has 3 heteroatoms. The second-order valence-corrected chi connectivity index (χ2v) is 4.95. The maximum absolute atomic E-state index is 11.7. The molecule has 0 radical (unpaired) electrons. The molecule has 0 bridgehead atoms. The molecule has 0 aliphatic carbocycles. The zero-order valence-electron chi connectivity index (χ0n) is 11.4. The third-order valence-electron chi connectivity index (χ3n) is 2.69. The van der Waals surface area contributed by atoms with E-state index in [2.05, 4.69) is 0 Å². The normalized spacial score (nSPS) is 10.8. The SMILES string of the molecule is CC(C)C(=O)COc1ccc(C(=O)C(C)C)cc1. The summed E-state index contributed by atoms with van der Waals surface area (Å²) in [5.74, 6) is 0.757. The van der Waals surface area contributed by atoms with Gasteiger partial charge in [0, 0.05) is 17.4 Å². The Morgan fingerprint density at radius 1 is 1.00 bits per heavy atom. The van der Waals surface area contributed by atoms with E-state index in [1.807, 2.05) is 27.7 Å². The summed E-state index contributed by atoms with van der Waals surface area (Å²) in [6.07, 6.45) is 0. The first-order valence-corrected chi connectivity index (χ1v) is 6.21. The van der Waals surface area contributed by atoms with Crippen LogP contribution in [0.3, 0.4) is 0 Å². The minimum absolute atomic E-state index is 0.0145. The van der Waals surface area contributed by atoms with Crippen molar-refractivity contribution in [2.24, 2.45) is 11.8 Å². The van der Waals surface area contributed by atoms with Gasteiger partial charge in [-0.3, -0.25) is 9.59 Å². The highest BCUT2D eigenvalue weighted by atomic mass is 16.5. The van der Waals surface area contributed by atoms with Crippen molar-refractivity contribution in [2.45, 2.75) is 27.7 Å². The van der Waals surface area contributed by atoms with Crippen LogP contribution >= 0.6 is 0 Å². The van der Waals surface area contributed by atoms with Crippen LogP contribution in [0, 0.1) is 11.8 Å². The molecule has 1 rings (SSSR count). The average molecular weight is 248 g/mol. The number of Topliss-reactive ketones (excluding diaryl/α,β-unsaturated/α-hetero) is 2. The summed E-state index contributed by atoms with van der Waals surface area (Å²) in [7, 11) is 0. The molecule has 0 aromatic heterocycles. The Hall–Kier alpha value is -1.64. The molecule has 0 heterocycles. The minimum Gasteiger partial charge on any atom is -0.486 e. The molecule has 0 amide bonds. The van der Waals surface area contributed by atoms with Gasteiger partial charge in [-0.15, -0.1) is 0 Å². The summed E-state index contributed by atoms with van der Waals surface area (Å²) < 4.78 is 5.36. The lowest BCUT2D eigenvalue weighted by atomic mass is 10.0. The van der Waals surface area contributed by atoms with E-state index in [0.717, 1.165) is 0 Å². The third-order valence-corrected chi connectivity index (χ3v) is 2.69. The Morgan fingerprint density at radius 3 is 2.00 bits per heavy atom. The maximum atomic E-state index is 11.7. The molecule has 0 saturated carbocycles. The Kier molecular flexibility index (Phi) is 5.08. The molecule has 0 aliphatic heterocycles. The van der Waals surface area contributed by atoms with E-state index in [1.165, 1.54) is 0 Å². The smallest absolute Gasteiger partial charge is 0.172 e. The molecule has 0 N–H and O–H groups in total. The summed E-state index contributed by atoms with van der Waals surface area (Å²) in [5, 5.41) is 0. The number of carbonyl (C=O) groups is 2. The van der Waals surface area contributed by atoms with Crippen LogP contribution in [-0.2, 0) is 4.79 Å². The maximum Gasteiger partial charge on any atom is 0.172 e. The molecule has 0 spiro atoms. The van der Waals surface area contributed by atoms with E-state index in [4.69, 9.17) is 4.74 Å². The standard InChI is InChI=1S/C15H20O3/c1-10(2)14(16)9-18-13-7-5-12(6-8-13)15(17)11(3)4/h5-8,10-11H,9H2,1-4H3. The number of benzene rings is 1. The van der Waals surface area contributed by atoms with Crippen LogP contribution in [0.4, 0.5) is 0 Å². The Bertz CT molecular complexity index is 416. The summed E-state index contributed by atoms with van der Waals surface area (Å²) >= 11 is 0.